The van der Waals surface area contributed by atoms with Crippen molar-refractivity contribution < 1.29 is 19.5 Å². The molecule has 1 nitrogen and oxygen atoms in total. The molecule has 0 unspecified atom stereocenters. The van der Waals surface area contributed by atoms with Gasteiger partial charge >= 0.3 is 0 Å². The van der Waals surface area contributed by atoms with Crippen LogP contribution in [0.3, 0.4) is 0 Å². The Kier molecular flexibility index (Phi) is 4.25. The van der Waals surface area contributed by atoms with Gasteiger partial charge in [-0.05, 0) is 95.0 Å². The van der Waals surface area contributed by atoms with E-state index in [1.54, 1.807) is 0 Å². The first-order valence-corrected chi connectivity index (χ1v) is 16.0. The summed E-state index contributed by atoms with van der Waals surface area (Å²) in [5.74, 6) is 0. The van der Waals surface area contributed by atoms with Crippen molar-refractivity contribution in [3.8, 4) is 44.5 Å². The third-order valence-corrected chi connectivity index (χ3v) is 9.28. The van der Waals surface area contributed by atoms with Gasteiger partial charge in [-0.2, -0.15) is 0 Å². The molecule has 1 heteroatoms. The molecular weight excluding hydrogens is 593 g/mol. The van der Waals surface area contributed by atoms with Crippen LogP contribution in [0.5, 0.6) is 0 Å². The molecule has 0 aliphatic carbocycles. The summed E-state index contributed by atoms with van der Waals surface area (Å²) in [5.41, 5.74) is 3.58. The highest BCUT2D eigenvalue weighted by molar-refractivity contribution is 6.22. The Morgan fingerprint density at radius 3 is 1.69 bits per heavy atom. The van der Waals surface area contributed by atoms with E-state index >= 15 is 0 Å². The van der Waals surface area contributed by atoms with Gasteiger partial charge in [0.15, 0.2) is 0 Å². The topological polar surface area (TPSA) is 13.1 Å². The summed E-state index contributed by atoms with van der Waals surface area (Å²) >= 11 is 0. The molecule has 10 rings (SSSR count). The molecule has 1 heterocycles. The highest BCUT2D eigenvalue weighted by Crippen LogP contribution is 2.45. The van der Waals surface area contributed by atoms with Crippen molar-refractivity contribution >= 4 is 54.3 Å². The fraction of sp³-hybridized carbons (Fsp3) is 0. The molecule has 9 aromatic carbocycles. The Morgan fingerprint density at radius 2 is 0.980 bits per heavy atom. The fourth-order valence-electron chi connectivity index (χ4n) is 7.14. The van der Waals surface area contributed by atoms with Crippen molar-refractivity contribution in [1.82, 2.24) is 0 Å². The number of fused-ring (bicyclic) bond motifs is 6. The number of furan rings is 1. The van der Waals surface area contributed by atoms with E-state index in [0.29, 0.717) is 5.56 Å². The van der Waals surface area contributed by atoms with Gasteiger partial charge in [-0.25, -0.2) is 0 Å². The monoisotopic (exact) mass is 633 g/mol. The average Bonchev–Trinajstić information content (AvgIpc) is 3.68. The number of hydrogen-bond acceptors (Lipinski definition) is 1. The van der Waals surface area contributed by atoms with E-state index in [1.807, 2.05) is 60.7 Å². The van der Waals surface area contributed by atoms with Crippen LogP contribution in [0.15, 0.2) is 186 Å². The van der Waals surface area contributed by atoms with Crippen molar-refractivity contribution in [2.24, 2.45) is 0 Å². The zero-order valence-electron chi connectivity index (χ0n) is 36.9. The minimum atomic E-state index is -0.661. The number of hydrogen-bond donors (Lipinski definition) is 0. The maximum Gasteiger partial charge on any atom is 0.136 e. The third kappa shape index (κ3) is 4.40. The molecule has 0 spiro atoms. The van der Waals surface area contributed by atoms with Crippen molar-refractivity contribution in [3.05, 3.63) is 182 Å². The van der Waals surface area contributed by atoms with Crippen molar-refractivity contribution in [1.29, 1.82) is 0 Å². The Bertz CT molecular complexity index is 3410. The van der Waals surface area contributed by atoms with Crippen LogP contribution in [0.25, 0.3) is 98.8 Å². The van der Waals surface area contributed by atoms with E-state index in [2.05, 4.69) is 54.6 Å². The maximum atomic E-state index is 9.70. The zero-order valence-corrected chi connectivity index (χ0v) is 25.9. The zero-order chi connectivity index (χ0) is 41.9. The van der Waals surface area contributed by atoms with Crippen LogP contribution in [0.1, 0.15) is 15.1 Å². The first-order valence-electron chi connectivity index (χ1n) is 21.5. The molecule has 0 bridgehead atoms. The summed E-state index contributed by atoms with van der Waals surface area (Å²) in [6.07, 6.45) is 0. The van der Waals surface area contributed by atoms with E-state index in [-0.39, 0.29) is 45.2 Å². The summed E-state index contributed by atoms with van der Waals surface area (Å²) in [6.45, 7) is 0. The van der Waals surface area contributed by atoms with Crippen LogP contribution in [0.4, 0.5) is 0 Å². The first kappa shape index (κ1) is 18.8. The van der Waals surface area contributed by atoms with Crippen molar-refractivity contribution in [2.45, 2.75) is 0 Å². The Hall–Kier alpha value is -6.44. The van der Waals surface area contributed by atoms with Crippen LogP contribution >= 0.6 is 0 Å². The molecule has 0 aliphatic rings. The molecule has 0 N–H and O–H groups in total. The molecule has 228 valence electrons. The molecule has 0 saturated carbocycles. The Morgan fingerprint density at radius 1 is 0.367 bits per heavy atom. The van der Waals surface area contributed by atoms with Gasteiger partial charge in [0, 0.05) is 10.8 Å². The molecule has 10 aromatic rings. The molecule has 0 saturated heterocycles. The van der Waals surface area contributed by atoms with Crippen LogP contribution in [-0.4, -0.2) is 0 Å². The second-order valence-corrected chi connectivity index (χ2v) is 12.0. The predicted molar refractivity (Wildman–Crippen MR) is 208 cm³/mol. The Labute approximate surface area is 299 Å². The van der Waals surface area contributed by atoms with Gasteiger partial charge in [0.2, 0.25) is 0 Å². The van der Waals surface area contributed by atoms with Crippen LogP contribution in [0.2, 0.25) is 0 Å². The SMILES string of the molecule is [2H]c1c([2H])c([2H])c(-c2c([2H])c([2H])c([2H])c3oc4c([2H])c(-c5c6ccccc6c(-c6ccc(-c7cccc8ccccc78)cc6)c6ccccc56)c([2H])c([2H])c4c23)c([2H])c1[2H]. The standard InChI is InChI=1S/C48H30O/c1-2-12-32(13-3-1)38-22-11-23-44-48(38)43-29-28-35(30-45(43)49-44)47-41-19-8-6-17-39(41)46(40-18-7-9-20-42(40)47)34-26-24-33(25-27-34)37-21-10-15-31-14-4-5-16-36(31)37/h1-30H/i1D,2D,3D,11D,12D,13D,22D,23D,28D,29D,30D. The molecule has 49 heavy (non-hydrogen) atoms. The minimum absolute atomic E-state index is 0.102. The van der Waals surface area contributed by atoms with Gasteiger partial charge in [0.1, 0.15) is 11.2 Å². The lowest BCUT2D eigenvalue weighted by atomic mass is 9.85. The second-order valence-electron chi connectivity index (χ2n) is 12.0. The predicted octanol–water partition coefficient (Wildman–Crippen LogP) is 13.7. The lowest BCUT2D eigenvalue weighted by Crippen LogP contribution is -1.91. The number of benzene rings is 9. The van der Waals surface area contributed by atoms with Crippen LogP contribution < -0.4 is 0 Å². The molecule has 0 atom stereocenters. The van der Waals surface area contributed by atoms with Crippen molar-refractivity contribution in [3.63, 3.8) is 0 Å². The lowest BCUT2D eigenvalue weighted by Gasteiger charge is -2.18. The Balaban J connectivity index is 1.25. The van der Waals surface area contributed by atoms with Gasteiger partial charge in [0.25, 0.3) is 0 Å². The molecule has 0 aliphatic heterocycles. The molecular formula is C48H30O. The maximum absolute atomic E-state index is 9.70. The van der Waals surface area contributed by atoms with E-state index in [1.165, 1.54) is 0 Å². The summed E-state index contributed by atoms with van der Waals surface area (Å²) < 4.78 is 104. The van der Waals surface area contributed by atoms with Crippen molar-refractivity contribution in [2.75, 3.05) is 0 Å². The summed E-state index contributed by atoms with van der Waals surface area (Å²) in [7, 11) is 0. The van der Waals surface area contributed by atoms with Crippen LogP contribution in [-0.2, 0) is 0 Å². The number of rotatable bonds is 4. The van der Waals surface area contributed by atoms with Gasteiger partial charge in [-0.15, -0.1) is 0 Å². The normalized spacial score (nSPS) is 14.8. The van der Waals surface area contributed by atoms with Crippen LogP contribution in [0, 0.1) is 0 Å². The van der Waals surface area contributed by atoms with Gasteiger partial charge in [-0.3, -0.25) is 0 Å². The summed E-state index contributed by atoms with van der Waals surface area (Å²) in [5, 5.41) is 5.22. The molecule has 0 amide bonds. The smallest absolute Gasteiger partial charge is 0.136 e. The quantitative estimate of drug-likeness (QED) is 0.176. The van der Waals surface area contributed by atoms with E-state index in [9.17, 15) is 4.11 Å². The summed E-state index contributed by atoms with van der Waals surface area (Å²) in [6, 6.07) is 32.5. The highest BCUT2D eigenvalue weighted by atomic mass is 16.3. The highest BCUT2D eigenvalue weighted by Gasteiger charge is 2.19. The van der Waals surface area contributed by atoms with E-state index in [4.69, 9.17) is 15.4 Å². The first-order chi connectivity index (χ1) is 28.9. The van der Waals surface area contributed by atoms with Gasteiger partial charge in [-0.1, -0.05) is 164 Å². The largest absolute Gasteiger partial charge is 0.456 e. The van der Waals surface area contributed by atoms with E-state index < -0.39 is 59.9 Å². The molecule has 1 aromatic heterocycles. The molecule has 0 radical (unpaired) electrons. The third-order valence-electron chi connectivity index (χ3n) is 9.28. The lowest BCUT2D eigenvalue weighted by molar-refractivity contribution is 0.669. The van der Waals surface area contributed by atoms with E-state index in [0.717, 1.165) is 54.6 Å². The average molecular weight is 634 g/mol. The second kappa shape index (κ2) is 11.1. The summed E-state index contributed by atoms with van der Waals surface area (Å²) in [4.78, 5) is 0. The van der Waals surface area contributed by atoms with Gasteiger partial charge < -0.3 is 4.42 Å². The fourth-order valence-corrected chi connectivity index (χ4v) is 7.14. The van der Waals surface area contributed by atoms with Gasteiger partial charge in [0.05, 0.1) is 15.1 Å². The minimum Gasteiger partial charge on any atom is -0.456 e. The molecule has 0 fully saturated rings.